The summed E-state index contributed by atoms with van der Waals surface area (Å²) in [5.74, 6) is -0.355. The van der Waals surface area contributed by atoms with E-state index in [1.807, 2.05) is 24.3 Å². The van der Waals surface area contributed by atoms with E-state index in [1.54, 1.807) is 12.4 Å². The number of nitrogens with one attached hydrogen (secondary N) is 2. The lowest BCUT2D eigenvalue weighted by molar-refractivity contribution is -0.186. The molecule has 4 heterocycles. The van der Waals surface area contributed by atoms with Crippen molar-refractivity contribution < 1.29 is 17.9 Å². The number of anilines is 1. The molecule has 1 atom stereocenters. The van der Waals surface area contributed by atoms with Gasteiger partial charge in [0.25, 0.3) is 0 Å². The molecular formula is C20H23F3N6OS2. The molecule has 172 valence electrons. The van der Waals surface area contributed by atoms with Gasteiger partial charge in [0, 0.05) is 46.8 Å². The van der Waals surface area contributed by atoms with Gasteiger partial charge in [-0.2, -0.15) is 22.6 Å². The Bertz CT molecular complexity index is 930. The van der Waals surface area contributed by atoms with Gasteiger partial charge in [-0.25, -0.2) is 4.98 Å². The molecule has 32 heavy (non-hydrogen) atoms. The van der Waals surface area contributed by atoms with E-state index in [0.29, 0.717) is 19.7 Å². The van der Waals surface area contributed by atoms with Crippen LogP contribution in [0.15, 0.2) is 47.9 Å². The second-order valence-electron chi connectivity index (χ2n) is 7.42. The van der Waals surface area contributed by atoms with E-state index in [-0.39, 0.29) is 18.9 Å². The fraction of sp³-hybridized carbons (Fsp3) is 0.450. The molecule has 0 saturated carbocycles. The Balaban J connectivity index is 0.000000433. The molecule has 1 fully saturated rings. The standard InChI is InChI=1S/C17H19F3N4OS2.C3H4N2/c18-17(19,20)11-3-6-24(7-4-11)14-5-8-25-15-9-12(1-2-13(14)15)26-23-16-21-10-22-27-16;1-2-4-5-3-1/h1-2,9-11,14H,3-8H2,(H,21,22,23);1-3H,(H,4,5)/t14-;/m0./s1. The van der Waals surface area contributed by atoms with Crippen molar-refractivity contribution in [2.45, 2.75) is 36.4 Å². The van der Waals surface area contributed by atoms with Crippen LogP contribution in [-0.4, -0.2) is 50.3 Å². The van der Waals surface area contributed by atoms with Crippen LogP contribution in [0.5, 0.6) is 5.75 Å². The van der Waals surface area contributed by atoms with Crippen LogP contribution in [0.1, 0.15) is 30.9 Å². The number of aromatic amines is 1. The molecule has 1 saturated heterocycles. The third kappa shape index (κ3) is 5.93. The summed E-state index contributed by atoms with van der Waals surface area (Å²) in [6.07, 6.45) is 2.03. The average molecular weight is 485 g/mol. The van der Waals surface area contributed by atoms with Gasteiger partial charge in [0.05, 0.1) is 12.5 Å². The molecule has 0 unspecified atom stereocenters. The fourth-order valence-electron chi connectivity index (χ4n) is 3.87. The van der Waals surface area contributed by atoms with E-state index in [2.05, 4.69) is 29.2 Å². The first-order valence-corrected chi connectivity index (χ1v) is 11.8. The Kier molecular flexibility index (Phi) is 7.53. The fourth-order valence-corrected chi connectivity index (χ4v) is 4.99. The number of benzene rings is 1. The molecule has 2 aliphatic rings. The van der Waals surface area contributed by atoms with Crippen molar-refractivity contribution in [2.24, 2.45) is 5.92 Å². The Hall–Kier alpha value is -2.31. The van der Waals surface area contributed by atoms with Crippen LogP contribution in [0.3, 0.4) is 0 Å². The van der Waals surface area contributed by atoms with Crippen molar-refractivity contribution in [2.75, 3.05) is 24.4 Å². The Labute approximate surface area is 192 Å². The van der Waals surface area contributed by atoms with Crippen LogP contribution in [0.25, 0.3) is 0 Å². The highest BCUT2D eigenvalue weighted by Crippen LogP contribution is 2.42. The maximum Gasteiger partial charge on any atom is 0.391 e. The molecule has 0 bridgehead atoms. The number of nitrogens with zero attached hydrogens (tertiary/aromatic N) is 4. The van der Waals surface area contributed by atoms with E-state index in [9.17, 15) is 13.2 Å². The smallest absolute Gasteiger partial charge is 0.391 e. The van der Waals surface area contributed by atoms with Crippen molar-refractivity contribution in [1.29, 1.82) is 0 Å². The lowest BCUT2D eigenvalue weighted by Gasteiger charge is -2.40. The SMILES string of the molecule is FC(F)(F)C1CCN([C@H]2CCOc3cc(SNc4ncns4)ccc32)CC1.c1cn[nH]c1. The van der Waals surface area contributed by atoms with Crippen LogP contribution in [-0.2, 0) is 0 Å². The maximum atomic E-state index is 12.9. The summed E-state index contributed by atoms with van der Waals surface area (Å²) >= 11 is 2.71. The van der Waals surface area contributed by atoms with Crippen molar-refractivity contribution in [1.82, 2.24) is 24.5 Å². The number of aromatic nitrogens is 4. The quantitative estimate of drug-likeness (QED) is 0.495. The number of halogens is 3. The van der Waals surface area contributed by atoms with Crippen molar-refractivity contribution in [3.8, 4) is 5.75 Å². The number of alkyl halides is 3. The number of piperidine rings is 1. The number of ether oxygens (including phenoxy) is 1. The monoisotopic (exact) mass is 484 g/mol. The predicted molar refractivity (Wildman–Crippen MR) is 118 cm³/mol. The van der Waals surface area contributed by atoms with Crippen LogP contribution in [0.2, 0.25) is 0 Å². The zero-order valence-corrected chi connectivity index (χ0v) is 18.7. The second kappa shape index (κ2) is 10.5. The molecule has 3 aromatic rings. The van der Waals surface area contributed by atoms with E-state index in [1.165, 1.54) is 29.8 Å². The lowest BCUT2D eigenvalue weighted by Crippen LogP contribution is -2.42. The summed E-state index contributed by atoms with van der Waals surface area (Å²) in [7, 11) is 0. The molecule has 7 nitrogen and oxygen atoms in total. The topological polar surface area (TPSA) is 79.0 Å². The van der Waals surface area contributed by atoms with Crippen LogP contribution < -0.4 is 9.46 Å². The molecular weight excluding hydrogens is 461 g/mol. The van der Waals surface area contributed by atoms with E-state index >= 15 is 0 Å². The first-order valence-electron chi connectivity index (χ1n) is 10.2. The molecule has 2 N–H and O–H groups in total. The summed E-state index contributed by atoms with van der Waals surface area (Å²) in [5, 5.41) is 6.93. The Morgan fingerprint density at radius 1 is 1.22 bits per heavy atom. The minimum atomic E-state index is -4.08. The summed E-state index contributed by atoms with van der Waals surface area (Å²) in [6.45, 7) is 1.53. The van der Waals surface area contributed by atoms with Gasteiger partial charge in [-0.1, -0.05) is 6.07 Å². The largest absolute Gasteiger partial charge is 0.493 e. The number of H-pyrrole nitrogens is 1. The molecule has 0 aliphatic carbocycles. The molecule has 5 rings (SSSR count). The zero-order valence-electron chi connectivity index (χ0n) is 17.1. The highest BCUT2D eigenvalue weighted by molar-refractivity contribution is 8.00. The Morgan fingerprint density at radius 3 is 2.69 bits per heavy atom. The summed E-state index contributed by atoms with van der Waals surface area (Å²) < 4.78 is 51.6. The molecule has 1 aromatic carbocycles. The number of fused-ring (bicyclic) bond motifs is 1. The number of rotatable bonds is 4. The van der Waals surface area contributed by atoms with Crippen LogP contribution in [0.4, 0.5) is 18.3 Å². The molecule has 2 aliphatic heterocycles. The number of hydrogen-bond donors (Lipinski definition) is 2. The summed E-state index contributed by atoms with van der Waals surface area (Å²) in [5.41, 5.74) is 1.06. The van der Waals surface area contributed by atoms with E-state index in [4.69, 9.17) is 4.74 Å². The maximum absolute atomic E-state index is 12.9. The minimum Gasteiger partial charge on any atom is -0.493 e. The van der Waals surface area contributed by atoms with E-state index < -0.39 is 12.1 Å². The lowest BCUT2D eigenvalue weighted by atomic mass is 9.92. The normalized spacial score (nSPS) is 19.4. The van der Waals surface area contributed by atoms with Gasteiger partial charge < -0.3 is 9.46 Å². The van der Waals surface area contributed by atoms with Gasteiger partial charge in [-0.15, -0.1) is 0 Å². The third-order valence-electron chi connectivity index (χ3n) is 5.45. The van der Waals surface area contributed by atoms with Gasteiger partial charge in [0.2, 0.25) is 5.13 Å². The molecule has 0 radical (unpaired) electrons. The average Bonchev–Trinajstić information content (AvgIpc) is 3.54. The van der Waals surface area contributed by atoms with E-state index in [0.717, 1.165) is 27.8 Å². The first kappa shape index (κ1) is 22.9. The minimum absolute atomic E-state index is 0.123. The second-order valence-corrected chi connectivity index (χ2v) is 9.08. The molecule has 12 heteroatoms. The zero-order chi connectivity index (χ0) is 22.4. The number of likely N-dealkylation sites (tertiary alicyclic amines) is 1. The van der Waals surface area contributed by atoms with Gasteiger partial charge >= 0.3 is 6.18 Å². The van der Waals surface area contributed by atoms with Crippen LogP contribution in [0, 0.1) is 5.92 Å². The van der Waals surface area contributed by atoms with Gasteiger partial charge in [0.1, 0.15) is 12.1 Å². The summed E-state index contributed by atoms with van der Waals surface area (Å²) in [4.78, 5) is 7.24. The Morgan fingerprint density at radius 2 is 2.06 bits per heavy atom. The summed E-state index contributed by atoms with van der Waals surface area (Å²) in [6, 6.07) is 7.96. The number of hydrogen-bond acceptors (Lipinski definition) is 8. The van der Waals surface area contributed by atoms with Crippen molar-refractivity contribution in [3.63, 3.8) is 0 Å². The third-order valence-corrected chi connectivity index (χ3v) is 6.94. The molecule has 0 spiro atoms. The van der Waals surface area contributed by atoms with Gasteiger partial charge in [0.15, 0.2) is 0 Å². The van der Waals surface area contributed by atoms with Gasteiger partial charge in [-0.3, -0.25) is 10.00 Å². The van der Waals surface area contributed by atoms with Gasteiger partial charge in [-0.05, 0) is 56.1 Å². The molecule has 0 amide bonds. The predicted octanol–water partition coefficient (Wildman–Crippen LogP) is 5.16. The highest BCUT2D eigenvalue weighted by Gasteiger charge is 2.42. The molecule has 2 aromatic heterocycles. The van der Waals surface area contributed by atoms with Crippen LogP contribution >= 0.6 is 23.5 Å². The first-order chi connectivity index (χ1) is 15.5. The van der Waals surface area contributed by atoms with Crippen molar-refractivity contribution >= 4 is 28.6 Å². The highest BCUT2D eigenvalue weighted by atomic mass is 32.2. The van der Waals surface area contributed by atoms with Crippen molar-refractivity contribution in [3.05, 3.63) is 48.5 Å².